The Bertz CT molecular complexity index is 192. The van der Waals surface area contributed by atoms with Crippen molar-refractivity contribution in [2.75, 3.05) is 19.7 Å². The third-order valence-electron chi connectivity index (χ3n) is 2.74. The highest BCUT2D eigenvalue weighted by Gasteiger charge is 2.32. The summed E-state index contributed by atoms with van der Waals surface area (Å²) in [6.45, 7) is 1.94. The molecule has 0 aromatic rings. The van der Waals surface area contributed by atoms with Gasteiger partial charge in [-0.15, -0.1) is 0 Å². The number of hydrogen-bond acceptors (Lipinski definition) is 3. The molecule has 62 valence electrons. The molecule has 1 fully saturated rings. The minimum absolute atomic E-state index is 0.0208. The van der Waals surface area contributed by atoms with Crippen LogP contribution in [0.25, 0.3) is 0 Å². The van der Waals surface area contributed by atoms with E-state index in [0.717, 1.165) is 31.5 Å². The van der Waals surface area contributed by atoms with E-state index in [1.807, 2.05) is 4.90 Å². The highest BCUT2D eigenvalue weighted by molar-refractivity contribution is 5.17. The van der Waals surface area contributed by atoms with Gasteiger partial charge in [0, 0.05) is 18.7 Å². The van der Waals surface area contributed by atoms with Crippen LogP contribution in [0.5, 0.6) is 0 Å². The number of rotatable bonds is 1. The Morgan fingerprint density at radius 2 is 2.00 bits per heavy atom. The van der Waals surface area contributed by atoms with Gasteiger partial charge < -0.3 is 15.1 Å². The molecule has 3 aliphatic rings. The lowest BCUT2D eigenvalue weighted by Gasteiger charge is -2.40. The van der Waals surface area contributed by atoms with Crippen LogP contribution in [0.1, 0.15) is 12.8 Å². The Morgan fingerprint density at radius 3 is 2.36 bits per heavy atom. The maximum atomic E-state index is 9.50. The molecular formula is C8H13NO2. The quantitative estimate of drug-likeness (QED) is 0.578. The second kappa shape index (κ2) is 2.41. The van der Waals surface area contributed by atoms with Gasteiger partial charge in [0.15, 0.2) is 5.88 Å². The van der Waals surface area contributed by atoms with Crippen molar-refractivity contribution in [3.05, 3.63) is 11.5 Å². The van der Waals surface area contributed by atoms with Crippen LogP contribution in [0, 0.1) is 5.92 Å². The molecule has 0 aromatic heterocycles. The predicted octanol–water partition coefficient (Wildman–Crippen LogP) is 0.474. The Kier molecular flexibility index (Phi) is 1.53. The van der Waals surface area contributed by atoms with Crippen LogP contribution >= 0.6 is 0 Å². The summed E-state index contributed by atoms with van der Waals surface area (Å²) >= 11 is 0. The van der Waals surface area contributed by atoms with Gasteiger partial charge in [-0.3, -0.25) is 0 Å². The van der Waals surface area contributed by atoms with E-state index in [2.05, 4.69) is 0 Å². The first-order chi connectivity index (χ1) is 5.33. The van der Waals surface area contributed by atoms with Gasteiger partial charge in [0.25, 0.3) is 0 Å². The van der Waals surface area contributed by atoms with Crippen LogP contribution in [-0.4, -0.2) is 34.8 Å². The first-order valence-electron chi connectivity index (χ1n) is 4.10. The van der Waals surface area contributed by atoms with Crippen molar-refractivity contribution in [1.82, 2.24) is 4.90 Å². The molecule has 3 heteroatoms. The third kappa shape index (κ3) is 0.913. The largest absolute Gasteiger partial charge is 0.495 e. The molecule has 0 atom stereocenters. The van der Waals surface area contributed by atoms with E-state index in [-0.39, 0.29) is 6.61 Å². The fourth-order valence-electron chi connectivity index (χ4n) is 2.03. The zero-order valence-corrected chi connectivity index (χ0v) is 6.45. The first kappa shape index (κ1) is 6.98. The van der Waals surface area contributed by atoms with Crippen LogP contribution < -0.4 is 0 Å². The standard InChI is InChI=1S/C8H13NO2/c10-5-7-6-1-3-9(4-2-6)8(7)11/h6,10-11H,1-5H2. The number of aliphatic hydroxyl groups excluding tert-OH is 2. The number of nitrogens with zero attached hydrogens (tertiary/aromatic N) is 1. The topological polar surface area (TPSA) is 43.7 Å². The molecule has 3 rings (SSSR count). The average Bonchev–Trinajstić information content (AvgIpc) is 2.06. The molecule has 3 aliphatic heterocycles. The molecule has 2 bridgehead atoms. The highest BCUT2D eigenvalue weighted by atomic mass is 16.3. The summed E-state index contributed by atoms with van der Waals surface area (Å²) in [7, 11) is 0. The molecule has 2 N–H and O–H groups in total. The zero-order valence-electron chi connectivity index (χ0n) is 6.45. The molecule has 3 nitrogen and oxygen atoms in total. The monoisotopic (exact) mass is 155 g/mol. The Labute approximate surface area is 65.9 Å². The van der Waals surface area contributed by atoms with E-state index in [0.29, 0.717) is 11.8 Å². The molecule has 0 amide bonds. The number of piperidine rings is 1. The summed E-state index contributed by atoms with van der Waals surface area (Å²) in [6.07, 6.45) is 2.19. The van der Waals surface area contributed by atoms with Crippen molar-refractivity contribution in [1.29, 1.82) is 0 Å². The highest BCUT2D eigenvalue weighted by Crippen LogP contribution is 2.33. The van der Waals surface area contributed by atoms with Crippen molar-refractivity contribution >= 4 is 0 Å². The van der Waals surface area contributed by atoms with E-state index in [9.17, 15) is 5.11 Å². The van der Waals surface area contributed by atoms with E-state index < -0.39 is 0 Å². The molecule has 0 radical (unpaired) electrons. The molecule has 1 saturated heterocycles. The fourth-order valence-corrected chi connectivity index (χ4v) is 2.03. The number of aliphatic hydroxyl groups is 2. The molecule has 11 heavy (non-hydrogen) atoms. The van der Waals surface area contributed by atoms with Crippen molar-refractivity contribution < 1.29 is 10.2 Å². The average molecular weight is 155 g/mol. The van der Waals surface area contributed by atoms with Gasteiger partial charge in [0.2, 0.25) is 0 Å². The normalized spacial score (nSPS) is 25.0. The molecule has 0 aromatic carbocycles. The van der Waals surface area contributed by atoms with Crippen molar-refractivity contribution in [2.24, 2.45) is 5.92 Å². The Hall–Kier alpha value is -0.700. The second-order valence-corrected chi connectivity index (χ2v) is 3.27. The second-order valence-electron chi connectivity index (χ2n) is 3.27. The number of fused-ring (bicyclic) bond motifs is 2. The van der Waals surface area contributed by atoms with Crippen LogP contribution in [0.4, 0.5) is 0 Å². The van der Waals surface area contributed by atoms with Gasteiger partial charge in [0.1, 0.15) is 0 Å². The lowest BCUT2D eigenvalue weighted by molar-refractivity contribution is 0.104. The summed E-state index contributed by atoms with van der Waals surface area (Å²) in [5, 5.41) is 18.4. The molecule has 3 heterocycles. The maximum Gasteiger partial charge on any atom is 0.188 e. The van der Waals surface area contributed by atoms with Gasteiger partial charge in [-0.2, -0.15) is 0 Å². The number of hydrogen-bond donors (Lipinski definition) is 2. The van der Waals surface area contributed by atoms with Crippen molar-refractivity contribution in [2.45, 2.75) is 12.8 Å². The first-order valence-corrected chi connectivity index (χ1v) is 4.10. The minimum Gasteiger partial charge on any atom is -0.495 e. The van der Waals surface area contributed by atoms with Crippen LogP contribution in [0.15, 0.2) is 11.5 Å². The summed E-state index contributed by atoms with van der Waals surface area (Å²) in [4.78, 5) is 1.95. The molecular weight excluding hydrogens is 142 g/mol. The van der Waals surface area contributed by atoms with Crippen LogP contribution in [0.3, 0.4) is 0 Å². The molecule has 0 spiro atoms. The van der Waals surface area contributed by atoms with Gasteiger partial charge >= 0.3 is 0 Å². The maximum absolute atomic E-state index is 9.50. The van der Waals surface area contributed by atoms with Crippen LogP contribution in [-0.2, 0) is 0 Å². The minimum atomic E-state index is 0.0208. The Balaban J connectivity index is 2.31. The van der Waals surface area contributed by atoms with Gasteiger partial charge in [-0.25, -0.2) is 0 Å². The van der Waals surface area contributed by atoms with Gasteiger partial charge in [-0.05, 0) is 18.8 Å². The van der Waals surface area contributed by atoms with E-state index in [1.54, 1.807) is 0 Å². The molecule has 0 saturated carbocycles. The van der Waals surface area contributed by atoms with Crippen LogP contribution in [0.2, 0.25) is 0 Å². The smallest absolute Gasteiger partial charge is 0.188 e. The molecule has 0 aliphatic carbocycles. The van der Waals surface area contributed by atoms with E-state index in [4.69, 9.17) is 5.11 Å². The van der Waals surface area contributed by atoms with Crippen molar-refractivity contribution in [3.8, 4) is 0 Å². The molecule has 0 unspecified atom stereocenters. The lowest BCUT2D eigenvalue weighted by Crippen LogP contribution is -2.41. The SMILES string of the molecule is OCC1=C(O)N2CCC1CC2. The lowest BCUT2D eigenvalue weighted by atomic mass is 9.85. The van der Waals surface area contributed by atoms with Gasteiger partial charge in [0.05, 0.1) is 6.61 Å². The summed E-state index contributed by atoms with van der Waals surface area (Å²) in [6, 6.07) is 0. The summed E-state index contributed by atoms with van der Waals surface area (Å²) in [5.41, 5.74) is 0.850. The van der Waals surface area contributed by atoms with E-state index in [1.165, 1.54) is 0 Å². The van der Waals surface area contributed by atoms with Crippen molar-refractivity contribution in [3.63, 3.8) is 0 Å². The predicted molar refractivity (Wildman–Crippen MR) is 41.0 cm³/mol. The summed E-state index contributed by atoms with van der Waals surface area (Å²) < 4.78 is 0. The van der Waals surface area contributed by atoms with E-state index >= 15 is 0 Å². The summed E-state index contributed by atoms with van der Waals surface area (Å²) in [5.74, 6) is 0.792. The third-order valence-corrected chi connectivity index (χ3v) is 2.74. The van der Waals surface area contributed by atoms with Gasteiger partial charge in [-0.1, -0.05) is 0 Å². The zero-order chi connectivity index (χ0) is 7.84. The fraction of sp³-hybridized carbons (Fsp3) is 0.750. The Morgan fingerprint density at radius 1 is 1.36 bits per heavy atom.